The molecule has 1 saturated heterocycles. The molecular formula is C6H11NO3S. The zero-order valence-corrected chi connectivity index (χ0v) is 6.93. The van der Waals surface area contributed by atoms with E-state index < -0.39 is 21.0 Å². The Morgan fingerprint density at radius 1 is 1.55 bits per heavy atom. The van der Waals surface area contributed by atoms with E-state index in [-0.39, 0.29) is 12.2 Å². The van der Waals surface area contributed by atoms with Gasteiger partial charge in [0.25, 0.3) is 0 Å². The maximum atomic E-state index is 11.1. The molecule has 0 aromatic heterocycles. The number of rotatable bonds is 2. The van der Waals surface area contributed by atoms with Gasteiger partial charge < -0.3 is 5.73 Å². The van der Waals surface area contributed by atoms with Crippen LogP contribution in [-0.2, 0) is 14.6 Å². The molecule has 0 aliphatic carbocycles. The van der Waals surface area contributed by atoms with E-state index in [9.17, 15) is 13.2 Å². The summed E-state index contributed by atoms with van der Waals surface area (Å²) >= 11 is 0. The van der Waals surface area contributed by atoms with Crippen LogP contribution in [0.4, 0.5) is 0 Å². The van der Waals surface area contributed by atoms with Crippen molar-refractivity contribution in [2.24, 2.45) is 5.73 Å². The van der Waals surface area contributed by atoms with Gasteiger partial charge >= 0.3 is 0 Å². The van der Waals surface area contributed by atoms with Crippen molar-refractivity contribution in [3.63, 3.8) is 0 Å². The molecule has 4 nitrogen and oxygen atoms in total. The average molecular weight is 177 g/mol. The Morgan fingerprint density at radius 3 is 2.55 bits per heavy atom. The van der Waals surface area contributed by atoms with Crippen LogP contribution >= 0.6 is 0 Å². The van der Waals surface area contributed by atoms with Crippen LogP contribution in [-0.4, -0.2) is 25.3 Å². The topological polar surface area (TPSA) is 77.2 Å². The Labute approximate surface area is 65.7 Å². The van der Waals surface area contributed by atoms with Gasteiger partial charge in [-0.2, -0.15) is 0 Å². The van der Waals surface area contributed by atoms with E-state index in [1.807, 2.05) is 0 Å². The lowest BCUT2D eigenvalue weighted by Crippen LogP contribution is -2.24. The number of amides is 1. The molecule has 0 radical (unpaired) electrons. The zero-order chi connectivity index (χ0) is 8.48. The summed E-state index contributed by atoms with van der Waals surface area (Å²) in [5.41, 5.74) is 4.89. The molecule has 0 bridgehead atoms. The number of nitrogens with two attached hydrogens (primary N) is 1. The first-order valence-electron chi connectivity index (χ1n) is 3.52. The minimum Gasteiger partial charge on any atom is -0.370 e. The van der Waals surface area contributed by atoms with Gasteiger partial charge in [-0.1, -0.05) is 0 Å². The van der Waals surface area contributed by atoms with E-state index in [2.05, 4.69) is 0 Å². The van der Waals surface area contributed by atoms with Crippen molar-refractivity contribution < 1.29 is 13.2 Å². The molecule has 1 heterocycles. The average Bonchev–Trinajstić information content (AvgIpc) is 2.10. The molecule has 11 heavy (non-hydrogen) atoms. The Balaban J connectivity index is 2.66. The molecule has 1 aliphatic heterocycles. The fourth-order valence-corrected chi connectivity index (χ4v) is 3.16. The van der Waals surface area contributed by atoms with Gasteiger partial charge in [0.2, 0.25) is 5.91 Å². The van der Waals surface area contributed by atoms with Crippen LogP contribution < -0.4 is 5.73 Å². The molecular weight excluding hydrogens is 166 g/mol. The standard InChI is InChI=1S/C6H11NO3S/c7-6(8)4-5-2-1-3-11(5,9)10/h5H,1-4H2,(H2,7,8). The largest absolute Gasteiger partial charge is 0.370 e. The maximum absolute atomic E-state index is 11.1. The molecule has 1 fully saturated rings. The second-order valence-corrected chi connectivity index (χ2v) is 5.20. The van der Waals surface area contributed by atoms with Crippen LogP contribution in [0.5, 0.6) is 0 Å². The molecule has 1 aliphatic rings. The van der Waals surface area contributed by atoms with E-state index in [1.54, 1.807) is 0 Å². The molecule has 5 heteroatoms. The van der Waals surface area contributed by atoms with Crippen molar-refractivity contribution in [1.29, 1.82) is 0 Å². The normalized spacial score (nSPS) is 28.5. The van der Waals surface area contributed by atoms with E-state index in [0.29, 0.717) is 12.8 Å². The third kappa shape index (κ3) is 1.92. The lowest BCUT2D eigenvalue weighted by atomic mass is 10.2. The van der Waals surface area contributed by atoms with Crippen LogP contribution in [0.2, 0.25) is 0 Å². The van der Waals surface area contributed by atoms with Crippen molar-refractivity contribution in [2.45, 2.75) is 24.5 Å². The van der Waals surface area contributed by atoms with Crippen LogP contribution in [0, 0.1) is 0 Å². The number of hydrogen-bond donors (Lipinski definition) is 1. The quantitative estimate of drug-likeness (QED) is 0.614. The summed E-state index contributed by atoms with van der Waals surface area (Å²) in [4.78, 5) is 10.4. The van der Waals surface area contributed by atoms with Crippen LogP contribution in [0.1, 0.15) is 19.3 Å². The fourth-order valence-electron chi connectivity index (χ4n) is 1.31. The van der Waals surface area contributed by atoms with Gasteiger partial charge in [-0.25, -0.2) is 8.42 Å². The van der Waals surface area contributed by atoms with Crippen molar-refractivity contribution in [3.05, 3.63) is 0 Å². The van der Waals surface area contributed by atoms with E-state index in [4.69, 9.17) is 5.73 Å². The third-order valence-electron chi connectivity index (χ3n) is 1.89. The minimum atomic E-state index is -2.98. The highest BCUT2D eigenvalue weighted by Crippen LogP contribution is 2.22. The number of carbonyl (C=O) groups is 1. The highest BCUT2D eigenvalue weighted by atomic mass is 32.2. The molecule has 1 rings (SSSR count). The van der Waals surface area contributed by atoms with Crippen LogP contribution in [0.25, 0.3) is 0 Å². The third-order valence-corrected chi connectivity index (χ3v) is 4.17. The summed E-state index contributed by atoms with van der Waals surface area (Å²) in [6, 6.07) is 0. The van der Waals surface area contributed by atoms with Crippen molar-refractivity contribution in [2.75, 3.05) is 5.75 Å². The molecule has 1 unspecified atom stereocenters. The van der Waals surface area contributed by atoms with Crippen molar-refractivity contribution in [3.8, 4) is 0 Å². The smallest absolute Gasteiger partial charge is 0.218 e. The minimum absolute atomic E-state index is 0.0116. The van der Waals surface area contributed by atoms with Crippen molar-refractivity contribution >= 4 is 15.7 Å². The highest BCUT2D eigenvalue weighted by Gasteiger charge is 2.32. The van der Waals surface area contributed by atoms with Gasteiger partial charge in [-0.3, -0.25) is 4.79 Å². The van der Waals surface area contributed by atoms with Gasteiger partial charge in [-0.05, 0) is 12.8 Å². The molecule has 0 aromatic carbocycles. The highest BCUT2D eigenvalue weighted by molar-refractivity contribution is 7.92. The summed E-state index contributed by atoms with van der Waals surface area (Å²) in [5, 5.41) is -0.500. The Bertz CT molecular complexity index is 257. The second kappa shape index (κ2) is 2.81. The number of hydrogen-bond acceptors (Lipinski definition) is 3. The van der Waals surface area contributed by atoms with Gasteiger partial charge in [0.15, 0.2) is 9.84 Å². The SMILES string of the molecule is NC(=O)CC1CCCS1(=O)=O. The zero-order valence-electron chi connectivity index (χ0n) is 6.12. The van der Waals surface area contributed by atoms with Gasteiger partial charge in [0.1, 0.15) is 0 Å². The molecule has 64 valence electrons. The molecule has 2 N–H and O–H groups in total. The lowest BCUT2D eigenvalue weighted by Gasteiger charge is -2.04. The Kier molecular flexibility index (Phi) is 2.17. The number of primary amides is 1. The molecule has 0 saturated carbocycles. The monoisotopic (exact) mass is 177 g/mol. The fraction of sp³-hybridized carbons (Fsp3) is 0.833. The molecule has 0 spiro atoms. The van der Waals surface area contributed by atoms with Crippen LogP contribution in [0.15, 0.2) is 0 Å². The first-order valence-corrected chi connectivity index (χ1v) is 5.24. The van der Waals surface area contributed by atoms with E-state index in [1.165, 1.54) is 0 Å². The summed E-state index contributed by atoms with van der Waals surface area (Å²) in [6.07, 6.45) is 1.24. The summed E-state index contributed by atoms with van der Waals surface area (Å²) in [5.74, 6) is -0.314. The van der Waals surface area contributed by atoms with E-state index >= 15 is 0 Å². The predicted octanol–water partition coefficient (Wildman–Crippen LogP) is -0.561. The van der Waals surface area contributed by atoms with Gasteiger partial charge in [-0.15, -0.1) is 0 Å². The summed E-state index contributed by atoms with van der Waals surface area (Å²) in [6.45, 7) is 0. The number of carbonyl (C=O) groups excluding carboxylic acids is 1. The first kappa shape index (κ1) is 8.52. The second-order valence-electron chi connectivity index (χ2n) is 2.80. The Morgan fingerprint density at radius 2 is 2.18 bits per heavy atom. The first-order chi connectivity index (χ1) is 5.02. The molecule has 0 aromatic rings. The van der Waals surface area contributed by atoms with Gasteiger partial charge in [0.05, 0.1) is 11.0 Å². The van der Waals surface area contributed by atoms with Crippen molar-refractivity contribution in [1.82, 2.24) is 0 Å². The Hall–Kier alpha value is -0.580. The molecule has 1 atom stereocenters. The van der Waals surface area contributed by atoms with E-state index in [0.717, 1.165) is 0 Å². The summed E-state index contributed by atoms with van der Waals surface area (Å²) in [7, 11) is -2.98. The maximum Gasteiger partial charge on any atom is 0.218 e. The van der Waals surface area contributed by atoms with Crippen LogP contribution in [0.3, 0.4) is 0 Å². The van der Waals surface area contributed by atoms with Gasteiger partial charge in [0, 0.05) is 6.42 Å². The molecule has 1 amide bonds. The summed E-state index contributed by atoms with van der Waals surface area (Å²) < 4.78 is 22.2. The lowest BCUT2D eigenvalue weighted by molar-refractivity contribution is -0.118. The number of sulfone groups is 1. The predicted molar refractivity (Wildman–Crippen MR) is 40.6 cm³/mol.